The fourth-order valence-corrected chi connectivity index (χ4v) is 4.04. The molecule has 0 aliphatic rings. The third-order valence-electron chi connectivity index (χ3n) is 3.30. The zero-order chi connectivity index (χ0) is 13.7. The SMILES string of the molecule is CO[Si](CCCCCCCCCCCl)(OC)OC. The molecular formula is C13H29ClO3Si. The highest BCUT2D eigenvalue weighted by atomic mass is 35.5. The number of hydrogen-bond donors (Lipinski definition) is 0. The van der Waals surface area contributed by atoms with E-state index in [1.54, 1.807) is 21.3 Å². The summed E-state index contributed by atoms with van der Waals surface area (Å²) in [6.07, 6.45) is 10.1. The van der Waals surface area contributed by atoms with Crippen molar-refractivity contribution in [3.8, 4) is 0 Å². The molecule has 0 aromatic heterocycles. The highest BCUT2D eigenvalue weighted by molar-refractivity contribution is 6.60. The molecule has 0 amide bonds. The van der Waals surface area contributed by atoms with Crippen LogP contribution in [0.1, 0.15) is 51.4 Å². The number of halogens is 1. The van der Waals surface area contributed by atoms with Crippen molar-refractivity contribution in [3.05, 3.63) is 0 Å². The fraction of sp³-hybridized carbons (Fsp3) is 1.00. The van der Waals surface area contributed by atoms with E-state index in [2.05, 4.69) is 0 Å². The van der Waals surface area contributed by atoms with Crippen molar-refractivity contribution in [1.29, 1.82) is 0 Å². The molecule has 0 unspecified atom stereocenters. The Morgan fingerprint density at radius 3 is 1.44 bits per heavy atom. The minimum absolute atomic E-state index is 0.803. The first kappa shape index (κ1) is 18.4. The van der Waals surface area contributed by atoms with Gasteiger partial charge < -0.3 is 13.3 Å². The summed E-state index contributed by atoms with van der Waals surface area (Å²) in [5, 5.41) is 0. The van der Waals surface area contributed by atoms with E-state index in [4.69, 9.17) is 24.9 Å². The van der Waals surface area contributed by atoms with Crippen LogP contribution in [0.2, 0.25) is 6.04 Å². The summed E-state index contributed by atoms with van der Waals surface area (Å²) in [5.74, 6) is 0.803. The molecule has 0 fully saturated rings. The van der Waals surface area contributed by atoms with Gasteiger partial charge in [0.15, 0.2) is 0 Å². The van der Waals surface area contributed by atoms with E-state index in [-0.39, 0.29) is 0 Å². The van der Waals surface area contributed by atoms with Crippen LogP contribution in [0.3, 0.4) is 0 Å². The Hall–Kier alpha value is 0.387. The Bertz CT molecular complexity index is 169. The molecule has 0 spiro atoms. The van der Waals surface area contributed by atoms with Crippen molar-refractivity contribution in [2.24, 2.45) is 0 Å². The van der Waals surface area contributed by atoms with E-state index in [0.717, 1.165) is 24.8 Å². The normalized spacial score (nSPS) is 12.0. The van der Waals surface area contributed by atoms with Crippen LogP contribution in [0.15, 0.2) is 0 Å². The maximum absolute atomic E-state index is 5.64. The lowest BCUT2D eigenvalue weighted by atomic mass is 10.1. The Morgan fingerprint density at radius 1 is 0.667 bits per heavy atom. The standard InChI is InChI=1S/C13H29ClO3Si/c1-15-18(16-2,17-3)13-11-9-7-5-4-6-8-10-12-14/h4-13H2,1-3H3. The van der Waals surface area contributed by atoms with Crippen LogP contribution in [0.5, 0.6) is 0 Å². The molecule has 0 atom stereocenters. The quantitative estimate of drug-likeness (QED) is 0.289. The molecular weight excluding hydrogens is 268 g/mol. The summed E-state index contributed by atoms with van der Waals surface area (Å²) in [5.41, 5.74) is 0. The number of unbranched alkanes of at least 4 members (excludes halogenated alkanes) is 7. The van der Waals surface area contributed by atoms with Crippen LogP contribution in [0.25, 0.3) is 0 Å². The molecule has 3 nitrogen and oxygen atoms in total. The van der Waals surface area contributed by atoms with Crippen LogP contribution in [-0.4, -0.2) is 36.0 Å². The molecule has 5 heteroatoms. The Balaban J connectivity index is 3.38. The predicted octanol–water partition coefficient (Wildman–Crippen LogP) is 4.22. The Labute approximate surface area is 119 Å². The summed E-state index contributed by atoms with van der Waals surface area (Å²) < 4.78 is 16.2. The van der Waals surface area contributed by atoms with E-state index >= 15 is 0 Å². The number of alkyl halides is 1. The lowest BCUT2D eigenvalue weighted by molar-refractivity contribution is 0.122. The predicted molar refractivity (Wildman–Crippen MR) is 79.2 cm³/mol. The molecule has 0 aliphatic heterocycles. The summed E-state index contributed by atoms with van der Waals surface area (Å²) in [6.45, 7) is 0. The van der Waals surface area contributed by atoms with Crippen molar-refractivity contribution in [1.82, 2.24) is 0 Å². The maximum Gasteiger partial charge on any atom is 0.500 e. The van der Waals surface area contributed by atoms with Crippen molar-refractivity contribution in [2.45, 2.75) is 57.4 Å². The first-order valence-corrected chi connectivity index (χ1v) is 9.42. The minimum Gasteiger partial charge on any atom is -0.377 e. The van der Waals surface area contributed by atoms with Gasteiger partial charge in [0.25, 0.3) is 0 Å². The van der Waals surface area contributed by atoms with E-state index in [1.807, 2.05) is 0 Å². The molecule has 0 rings (SSSR count). The monoisotopic (exact) mass is 296 g/mol. The van der Waals surface area contributed by atoms with Crippen molar-refractivity contribution in [2.75, 3.05) is 27.2 Å². The molecule has 18 heavy (non-hydrogen) atoms. The molecule has 0 saturated heterocycles. The van der Waals surface area contributed by atoms with Crippen molar-refractivity contribution < 1.29 is 13.3 Å². The molecule has 0 saturated carbocycles. The van der Waals surface area contributed by atoms with Crippen molar-refractivity contribution in [3.63, 3.8) is 0 Å². The lowest BCUT2D eigenvalue weighted by Crippen LogP contribution is -2.42. The van der Waals surface area contributed by atoms with Gasteiger partial charge in [0, 0.05) is 33.3 Å². The number of hydrogen-bond acceptors (Lipinski definition) is 3. The van der Waals surface area contributed by atoms with Gasteiger partial charge in [-0.2, -0.15) is 0 Å². The molecule has 0 bridgehead atoms. The second-order valence-corrected chi connectivity index (χ2v) is 8.03. The smallest absolute Gasteiger partial charge is 0.377 e. The van der Waals surface area contributed by atoms with Gasteiger partial charge in [-0.05, 0) is 12.8 Å². The van der Waals surface area contributed by atoms with Crippen LogP contribution >= 0.6 is 11.6 Å². The van der Waals surface area contributed by atoms with Gasteiger partial charge in [-0.1, -0.05) is 38.5 Å². The third kappa shape index (κ3) is 8.48. The van der Waals surface area contributed by atoms with Crippen molar-refractivity contribution >= 4 is 20.4 Å². The van der Waals surface area contributed by atoms with E-state index < -0.39 is 8.80 Å². The fourth-order valence-electron chi connectivity index (χ4n) is 2.05. The molecule has 110 valence electrons. The molecule has 0 aromatic rings. The first-order chi connectivity index (χ1) is 8.74. The molecule has 0 aliphatic carbocycles. The number of rotatable bonds is 13. The Morgan fingerprint density at radius 2 is 1.06 bits per heavy atom. The van der Waals surface area contributed by atoms with Gasteiger partial charge >= 0.3 is 8.80 Å². The molecule has 0 radical (unpaired) electrons. The van der Waals surface area contributed by atoms with Crippen LogP contribution < -0.4 is 0 Å². The van der Waals surface area contributed by atoms with E-state index in [9.17, 15) is 0 Å². The zero-order valence-electron chi connectivity index (χ0n) is 12.2. The van der Waals surface area contributed by atoms with Gasteiger partial charge in [0.05, 0.1) is 0 Å². The van der Waals surface area contributed by atoms with Gasteiger partial charge in [-0.25, -0.2) is 0 Å². The van der Waals surface area contributed by atoms with Crippen LogP contribution in [0.4, 0.5) is 0 Å². The van der Waals surface area contributed by atoms with E-state index in [1.165, 1.54) is 38.5 Å². The average molecular weight is 297 g/mol. The highest BCUT2D eigenvalue weighted by Crippen LogP contribution is 2.18. The molecule has 0 heterocycles. The zero-order valence-corrected chi connectivity index (χ0v) is 13.9. The summed E-state index contributed by atoms with van der Waals surface area (Å²) in [6, 6.07) is 0.919. The van der Waals surface area contributed by atoms with Crippen LogP contribution in [-0.2, 0) is 13.3 Å². The largest absolute Gasteiger partial charge is 0.500 e. The third-order valence-corrected chi connectivity index (χ3v) is 6.40. The summed E-state index contributed by atoms with van der Waals surface area (Å²) in [7, 11) is 2.71. The maximum atomic E-state index is 5.64. The molecule has 0 aromatic carbocycles. The van der Waals surface area contributed by atoms with Gasteiger partial charge in [0.2, 0.25) is 0 Å². The van der Waals surface area contributed by atoms with Gasteiger partial charge in [-0.15, -0.1) is 11.6 Å². The molecule has 0 N–H and O–H groups in total. The second-order valence-electron chi connectivity index (χ2n) is 4.56. The average Bonchev–Trinajstić information content (AvgIpc) is 2.42. The Kier molecular flexibility index (Phi) is 12.7. The van der Waals surface area contributed by atoms with E-state index in [0.29, 0.717) is 0 Å². The van der Waals surface area contributed by atoms with Crippen LogP contribution in [0, 0.1) is 0 Å². The second kappa shape index (κ2) is 12.4. The first-order valence-electron chi connectivity index (χ1n) is 6.96. The summed E-state index contributed by atoms with van der Waals surface area (Å²) >= 11 is 5.64. The highest BCUT2D eigenvalue weighted by Gasteiger charge is 2.36. The minimum atomic E-state index is -2.32. The van der Waals surface area contributed by atoms with Gasteiger partial charge in [0.1, 0.15) is 0 Å². The van der Waals surface area contributed by atoms with Gasteiger partial charge in [-0.3, -0.25) is 0 Å². The summed E-state index contributed by atoms with van der Waals surface area (Å²) in [4.78, 5) is 0. The topological polar surface area (TPSA) is 27.7 Å². The lowest BCUT2D eigenvalue weighted by Gasteiger charge is -2.24.